The van der Waals surface area contributed by atoms with E-state index in [0.717, 1.165) is 19.1 Å². The zero-order valence-electron chi connectivity index (χ0n) is 22.2. The van der Waals surface area contributed by atoms with Gasteiger partial charge in [-0.1, -0.05) is 0 Å². The molecule has 216 valence electrons. The van der Waals surface area contributed by atoms with Gasteiger partial charge in [0.15, 0.2) is 0 Å². The molecule has 1 heterocycles. The number of hydrogen-bond acceptors (Lipinski definition) is 7. The maximum absolute atomic E-state index is 13.3. The van der Waals surface area contributed by atoms with Crippen LogP contribution in [0.15, 0.2) is 60.0 Å². The fourth-order valence-corrected chi connectivity index (χ4v) is 7.62. The Kier molecular flexibility index (Phi) is 9.75. The Balaban J connectivity index is 1.46. The average molecular weight is 701 g/mol. The molecule has 1 aliphatic heterocycles. The zero-order valence-corrected chi connectivity index (χ0v) is 26.0. The third-order valence-electron chi connectivity index (χ3n) is 6.50. The molecule has 1 saturated carbocycles. The number of benzene rings is 2. The van der Waals surface area contributed by atoms with Crippen LogP contribution in [0.5, 0.6) is 0 Å². The third-order valence-corrected chi connectivity index (χ3v) is 11.4. The summed E-state index contributed by atoms with van der Waals surface area (Å²) in [4.78, 5) is 26.4. The van der Waals surface area contributed by atoms with Gasteiger partial charge in [-0.2, -0.15) is 0 Å². The number of carbonyl (C=O) groups is 2. The number of halogens is 2. The van der Waals surface area contributed by atoms with E-state index in [9.17, 15) is 18.0 Å². The molecule has 13 heteroatoms. The zero-order chi connectivity index (χ0) is 28.9. The number of carbonyl (C=O) groups excluding carboxylic acids is 2. The van der Waals surface area contributed by atoms with Gasteiger partial charge in [-0.3, -0.25) is 4.79 Å². The van der Waals surface area contributed by atoms with Crippen molar-refractivity contribution in [2.75, 3.05) is 36.8 Å². The van der Waals surface area contributed by atoms with Crippen molar-refractivity contribution in [1.82, 2.24) is 9.21 Å². The van der Waals surface area contributed by atoms with E-state index in [0.29, 0.717) is 40.7 Å². The van der Waals surface area contributed by atoms with E-state index >= 15 is 0 Å². The van der Waals surface area contributed by atoms with Crippen molar-refractivity contribution in [2.24, 2.45) is 0 Å². The van der Waals surface area contributed by atoms with Crippen LogP contribution in [0.2, 0.25) is 5.02 Å². The molecule has 0 unspecified atom stereocenters. The summed E-state index contributed by atoms with van der Waals surface area (Å²) >= 11 is 5.28. The Hall–Kier alpha value is -2.68. The molecule has 2 fully saturated rings. The van der Waals surface area contributed by atoms with Crippen molar-refractivity contribution in [2.45, 2.75) is 35.9 Å². The van der Waals surface area contributed by atoms with Gasteiger partial charge in [0.2, 0.25) is 5.91 Å². The van der Waals surface area contributed by atoms with Gasteiger partial charge in [0.1, 0.15) is 0 Å². The van der Waals surface area contributed by atoms with E-state index in [2.05, 4.69) is 17.6 Å². The number of nitrogens with zero attached hydrogens (tertiary/aromatic N) is 2. The summed E-state index contributed by atoms with van der Waals surface area (Å²) in [5.74, 6) is -0.760. The summed E-state index contributed by atoms with van der Waals surface area (Å²) in [7, 11) is -3.60. The molecule has 1 aliphatic carbocycles. The first kappa shape index (κ1) is 30.3. The van der Waals surface area contributed by atoms with Crippen molar-refractivity contribution < 1.29 is 42.7 Å². The first-order chi connectivity index (χ1) is 19.0. The molecule has 0 aromatic heterocycles. The van der Waals surface area contributed by atoms with Crippen LogP contribution in [0.25, 0.3) is 0 Å². The van der Waals surface area contributed by atoms with Crippen LogP contribution in [0, 0.1) is 5.41 Å². The molecule has 0 spiro atoms. The van der Waals surface area contributed by atoms with Crippen LogP contribution < -0.4 is 32.3 Å². The second-order valence-electron chi connectivity index (χ2n) is 9.91. The predicted octanol–water partition coefficient (Wildman–Crippen LogP) is 0.819. The third kappa shape index (κ3) is 8.18. The van der Waals surface area contributed by atoms with Gasteiger partial charge >= 0.3 is 223 Å². The number of nitrogens with one attached hydrogen (secondary N) is 3. The van der Waals surface area contributed by atoms with Gasteiger partial charge < -0.3 is 5.32 Å². The van der Waals surface area contributed by atoms with E-state index in [-0.39, 0.29) is 33.9 Å². The number of rotatable bonds is 11. The summed E-state index contributed by atoms with van der Waals surface area (Å²) in [6.07, 6.45) is 3.21. The second-order valence-corrected chi connectivity index (χ2v) is 15.8. The van der Waals surface area contributed by atoms with Crippen molar-refractivity contribution in [3.63, 3.8) is 0 Å². The number of amides is 2. The standard InChI is InChI=1S/C27H32ClIN5O5S/c1-19(35)31-22-8-6-20(7-9-22)18-40(37,38)34-14-12-33(13-15-34)24(17-30)25(39-29-27(2)10-11-27)26(36)32-23-5-3-4-21(28)16-23/h3-9,16-17,30H,10-15,18H2,1-2H3,(H,31,35)(H,32,36)/q-1/b25-24-,30-17?. The molecule has 2 amide bonds. The van der Waals surface area contributed by atoms with Crippen molar-refractivity contribution in [3.8, 4) is 0 Å². The van der Waals surface area contributed by atoms with Crippen LogP contribution in [-0.4, -0.2) is 65.3 Å². The minimum atomic E-state index is -3.60. The molecule has 2 aliphatic rings. The number of sulfonamides is 1. The van der Waals surface area contributed by atoms with Gasteiger partial charge in [-0.05, 0) is 0 Å². The quantitative estimate of drug-likeness (QED) is 0.105. The molecule has 0 radical (unpaired) electrons. The number of piperazine rings is 1. The Morgan fingerprint density at radius 3 is 2.33 bits per heavy atom. The fraction of sp³-hybridized carbons (Fsp3) is 0.370. The number of alkyl halides is 1. The van der Waals surface area contributed by atoms with Crippen LogP contribution in [0.4, 0.5) is 11.4 Å². The topological polar surface area (TPSA) is 132 Å². The van der Waals surface area contributed by atoms with Gasteiger partial charge in [0.25, 0.3) is 0 Å². The molecule has 0 bridgehead atoms. The van der Waals surface area contributed by atoms with Crippen LogP contribution >= 0.6 is 11.6 Å². The van der Waals surface area contributed by atoms with Crippen molar-refractivity contribution in [3.05, 3.63) is 70.6 Å². The van der Waals surface area contributed by atoms with E-state index < -0.39 is 37.6 Å². The summed E-state index contributed by atoms with van der Waals surface area (Å²) < 4.78 is 34.0. The number of anilines is 2. The van der Waals surface area contributed by atoms with E-state index in [1.54, 1.807) is 48.5 Å². The molecular formula is C27H32ClIN5O5S-. The first-order valence-corrected chi connectivity index (χ1v) is 16.7. The predicted molar refractivity (Wildman–Crippen MR) is 151 cm³/mol. The molecule has 2 aromatic carbocycles. The van der Waals surface area contributed by atoms with Gasteiger partial charge in [-0.15, -0.1) is 0 Å². The maximum atomic E-state index is 13.3. The Morgan fingerprint density at radius 2 is 1.75 bits per heavy atom. The molecule has 40 heavy (non-hydrogen) atoms. The summed E-state index contributed by atoms with van der Waals surface area (Å²) in [6, 6.07) is 13.5. The van der Waals surface area contributed by atoms with E-state index in [1.807, 2.05) is 4.90 Å². The normalized spacial score (nSPS) is 17.5. The van der Waals surface area contributed by atoms with Gasteiger partial charge in [0, 0.05) is 12.6 Å². The Bertz CT molecular complexity index is 1400. The monoisotopic (exact) mass is 700 g/mol. The van der Waals surface area contributed by atoms with E-state index in [1.165, 1.54) is 11.2 Å². The molecule has 10 nitrogen and oxygen atoms in total. The Labute approximate surface area is 250 Å². The SMILES string of the molecule is CC(=O)Nc1ccc(CS(=O)(=O)N2CCN(/C(C=N)=C(\O[I-]C3(C)CC3)C(=O)Nc3cccc(Cl)c3)CC2)cc1. The molecule has 0 atom stereocenters. The molecule has 1 saturated heterocycles. The molecule has 2 aromatic rings. The molecule has 3 N–H and O–H groups in total. The van der Waals surface area contributed by atoms with Crippen LogP contribution in [-0.2, 0) is 28.4 Å². The number of allylic oxidation sites excluding steroid dienone is 1. The molecule has 4 rings (SSSR count). The number of hydrogen-bond donors (Lipinski definition) is 3. The minimum absolute atomic E-state index is 0.0754. The summed E-state index contributed by atoms with van der Waals surface area (Å²) in [5.41, 5.74) is 2.06. The fourth-order valence-electron chi connectivity index (χ4n) is 4.02. The first-order valence-electron chi connectivity index (χ1n) is 12.7. The van der Waals surface area contributed by atoms with Gasteiger partial charge in [0.05, 0.1) is 0 Å². The van der Waals surface area contributed by atoms with Gasteiger partial charge in [-0.25, -0.2) is 0 Å². The van der Waals surface area contributed by atoms with E-state index in [4.69, 9.17) is 20.1 Å². The van der Waals surface area contributed by atoms with Crippen molar-refractivity contribution >= 4 is 51.0 Å². The van der Waals surface area contributed by atoms with Crippen LogP contribution in [0.1, 0.15) is 32.3 Å². The Morgan fingerprint density at radius 1 is 1.07 bits per heavy atom. The average Bonchev–Trinajstić information content (AvgIpc) is 3.64. The van der Waals surface area contributed by atoms with Crippen molar-refractivity contribution in [1.29, 1.82) is 5.41 Å². The summed E-state index contributed by atoms with van der Waals surface area (Å²) in [5, 5.41) is 14.1. The second kappa shape index (κ2) is 12.9. The summed E-state index contributed by atoms with van der Waals surface area (Å²) in [6.45, 7) is 4.57. The molecular weight excluding hydrogens is 669 g/mol. The van der Waals surface area contributed by atoms with Crippen LogP contribution in [0.3, 0.4) is 0 Å².